The smallest absolute Gasteiger partial charge is 0.269 e. The van der Waals surface area contributed by atoms with Crippen molar-refractivity contribution in [1.29, 1.82) is 0 Å². The molecule has 0 N–H and O–H groups in total. The van der Waals surface area contributed by atoms with Crippen molar-refractivity contribution in [1.82, 2.24) is 0 Å². The molecule has 34 heavy (non-hydrogen) atoms. The molecule has 0 unspecified atom stereocenters. The number of fused-ring (bicyclic) bond motifs is 1. The fourth-order valence-electron chi connectivity index (χ4n) is 3.47. The Morgan fingerprint density at radius 1 is 0.882 bits per heavy atom. The fraction of sp³-hybridized carbons (Fsp3) is 0.160. The number of methoxy groups -OCH3 is 3. The average Bonchev–Trinajstić information content (AvgIpc) is 2.86. The van der Waals surface area contributed by atoms with Gasteiger partial charge in [0.1, 0.15) is 23.7 Å². The number of nitrogens with zero attached hydrogens (tertiary/aromatic N) is 1. The highest BCUT2D eigenvalue weighted by atomic mass is 16.6. The monoisotopic (exact) mass is 463 g/mol. The predicted molar refractivity (Wildman–Crippen MR) is 125 cm³/mol. The van der Waals surface area contributed by atoms with Crippen LogP contribution in [-0.2, 0) is 6.61 Å². The molecule has 3 aromatic carbocycles. The zero-order valence-corrected chi connectivity index (χ0v) is 18.7. The van der Waals surface area contributed by atoms with Crippen LogP contribution in [0.25, 0.3) is 22.3 Å². The summed E-state index contributed by atoms with van der Waals surface area (Å²) in [6, 6.07) is 15.8. The van der Waals surface area contributed by atoms with Crippen molar-refractivity contribution in [3.05, 3.63) is 86.6 Å². The molecule has 0 atom stereocenters. The first kappa shape index (κ1) is 22.7. The molecule has 0 aliphatic rings. The van der Waals surface area contributed by atoms with E-state index >= 15 is 0 Å². The van der Waals surface area contributed by atoms with Crippen molar-refractivity contribution >= 4 is 16.7 Å². The van der Waals surface area contributed by atoms with Crippen molar-refractivity contribution in [2.24, 2.45) is 0 Å². The molecule has 4 rings (SSSR count). The van der Waals surface area contributed by atoms with Gasteiger partial charge in [-0.3, -0.25) is 14.9 Å². The van der Waals surface area contributed by atoms with Gasteiger partial charge in [0.2, 0.25) is 5.75 Å². The van der Waals surface area contributed by atoms with Gasteiger partial charge in [-0.25, -0.2) is 0 Å². The molecule has 1 heterocycles. The molecule has 0 saturated carbocycles. The number of benzene rings is 3. The van der Waals surface area contributed by atoms with Gasteiger partial charge in [-0.1, -0.05) is 0 Å². The Balaban J connectivity index is 1.62. The molecule has 4 aromatic rings. The molecule has 9 heteroatoms. The van der Waals surface area contributed by atoms with Crippen LogP contribution in [0.2, 0.25) is 0 Å². The maximum absolute atomic E-state index is 12.9. The predicted octanol–water partition coefficient (Wildman–Crippen LogP) is 4.97. The normalized spacial score (nSPS) is 10.7. The molecule has 0 saturated heterocycles. The molecular weight excluding hydrogens is 442 g/mol. The van der Waals surface area contributed by atoms with Gasteiger partial charge in [0.15, 0.2) is 16.9 Å². The lowest BCUT2D eigenvalue weighted by Crippen LogP contribution is -2.02. The summed E-state index contributed by atoms with van der Waals surface area (Å²) < 4.78 is 27.8. The van der Waals surface area contributed by atoms with Crippen molar-refractivity contribution in [2.45, 2.75) is 6.61 Å². The van der Waals surface area contributed by atoms with Crippen LogP contribution >= 0.6 is 0 Å². The summed E-state index contributed by atoms with van der Waals surface area (Å²) in [6.45, 7) is 0.193. The molecule has 9 nitrogen and oxygen atoms in total. The van der Waals surface area contributed by atoms with Gasteiger partial charge in [-0.05, 0) is 48.0 Å². The SMILES string of the molecule is COc1cc(-c2cc(=O)c3cc(OCc4ccc([N+](=O)[O-])cc4)ccc3o2)cc(OC)c1OC. The molecule has 0 aliphatic heterocycles. The van der Waals surface area contributed by atoms with Gasteiger partial charge < -0.3 is 23.4 Å². The second kappa shape index (κ2) is 9.53. The van der Waals surface area contributed by atoms with E-state index in [1.807, 2.05) is 0 Å². The minimum absolute atomic E-state index is 0.00923. The molecule has 0 aliphatic carbocycles. The van der Waals surface area contributed by atoms with Gasteiger partial charge in [0.05, 0.1) is 31.6 Å². The maximum atomic E-state index is 12.9. The van der Waals surface area contributed by atoms with E-state index in [0.29, 0.717) is 45.3 Å². The topological polar surface area (TPSA) is 110 Å². The van der Waals surface area contributed by atoms with Crippen LogP contribution in [0.5, 0.6) is 23.0 Å². The van der Waals surface area contributed by atoms with E-state index in [0.717, 1.165) is 5.56 Å². The minimum atomic E-state index is -0.459. The van der Waals surface area contributed by atoms with Gasteiger partial charge >= 0.3 is 0 Å². The number of hydrogen-bond acceptors (Lipinski definition) is 8. The lowest BCUT2D eigenvalue weighted by Gasteiger charge is -2.14. The van der Waals surface area contributed by atoms with E-state index in [-0.39, 0.29) is 17.7 Å². The quantitative estimate of drug-likeness (QED) is 0.266. The Kier molecular flexibility index (Phi) is 6.35. The number of hydrogen-bond donors (Lipinski definition) is 0. The highest BCUT2D eigenvalue weighted by molar-refractivity contribution is 5.80. The number of nitro benzene ring substituents is 1. The molecule has 0 spiro atoms. The summed E-state index contributed by atoms with van der Waals surface area (Å²) in [5, 5.41) is 11.1. The van der Waals surface area contributed by atoms with Crippen molar-refractivity contribution in [2.75, 3.05) is 21.3 Å². The number of non-ortho nitro benzene ring substituents is 1. The van der Waals surface area contributed by atoms with Crippen LogP contribution in [0, 0.1) is 10.1 Å². The van der Waals surface area contributed by atoms with E-state index in [2.05, 4.69) is 0 Å². The molecule has 1 aromatic heterocycles. The number of ether oxygens (including phenoxy) is 4. The standard InChI is InChI=1S/C25H21NO8/c1-30-23-10-16(11-24(31-2)25(23)32-3)22-13-20(27)19-12-18(8-9-21(19)34-22)33-14-15-4-6-17(7-5-15)26(28)29/h4-13H,14H2,1-3H3. The Morgan fingerprint density at radius 3 is 2.15 bits per heavy atom. The minimum Gasteiger partial charge on any atom is -0.493 e. The third-order valence-electron chi connectivity index (χ3n) is 5.20. The first-order valence-corrected chi connectivity index (χ1v) is 10.2. The van der Waals surface area contributed by atoms with Gasteiger partial charge in [-0.2, -0.15) is 0 Å². The summed E-state index contributed by atoms with van der Waals surface area (Å²) in [4.78, 5) is 23.2. The molecule has 0 bridgehead atoms. The van der Waals surface area contributed by atoms with Crippen LogP contribution in [0.3, 0.4) is 0 Å². The van der Waals surface area contributed by atoms with E-state index in [1.54, 1.807) is 42.5 Å². The van der Waals surface area contributed by atoms with Crippen molar-refractivity contribution in [3.8, 4) is 34.3 Å². The third kappa shape index (κ3) is 4.49. The van der Waals surface area contributed by atoms with E-state index in [9.17, 15) is 14.9 Å². The molecule has 0 fully saturated rings. The lowest BCUT2D eigenvalue weighted by atomic mass is 10.1. The summed E-state index contributed by atoms with van der Waals surface area (Å²) >= 11 is 0. The Morgan fingerprint density at radius 2 is 1.56 bits per heavy atom. The van der Waals surface area contributed by atoms with Crippen LogP contribution in [-0.4, -0.2) is 26.3 Å². The Labute approximate surface area is 194 Å². The third-order valence-corrected chi connectivity index (χ3v) is 5.20. The lowest BCUT2D eigenvalue weighted by molar-refractivity contribution is -0.384. The van der Waals surface area contributed by atoms with E-state index in [1.165, 1.54) is 39.5 Å². The molecule has 174 valence electrons. The van der Waals surface area contributed by atoms with Crippen LogP contribution in [0.1, 0.15) is 5.56 Å². The van der Waals surface area contributed by atoms with Crippen LogP contribution < -0.4 is 24.4 Å². The van der Waals surface area contributed by atoms with E-state index in [4.69, 9.17) is 23.4 Å². The van der Waals surface area contributed by atoms with Crippen LogP contribution in [0.4, 0.5) is 5.69 Å². The first-order chi connectivity index (χ1) is 16.4. The molecule has 0 amide bonds. The highest BCUT2D eigenvalue weighted by Gasteiger charge is 2.16. The molecule has 0 radical (unpaired) electrons. The summed E-state index contributed by atoms with van der Waals surface area (Å²) in [5.74, 6) is 2.13. The molecular formula is C25H21NO8. The second-order valence-corrected chi connectivity index (χ2v) is 7.26. The number of nitro groups is 1. The zero-order chi connectivity index (χ0) is 24.2. The van der Waals surface area contributed by atoms with Crippen molar-refractivity contribution < 1.29 is 28.3 Å². The van der Waals surface area contributed by atoms with Gasteiger partial charge in [0.25, 0.3) is 5.69 Å². The second-order valence-electron chi connectivity index (χ2n) is 7.26. The van der Waals surface area contributed by atoms with Gasteiger partial charge in [-0.15, -0.1) is 0 Å². The van der Waals surface area contributed by atoms with Gasteiger partial charge in [0, 0.05) is 23.8 Å². The average molecular weight is 463 g/mol. The summed E-state index contributed by atoms with van der Waals surface area (Å²) in [7, 11) is 4.53. The maximum Gasteiger partial charge on any atom is 0.269 e. The fourth-order valence-corrected chi connectivity index (χ4v) is 3.47. The van der Waals surface area contributed by atoms with Crippen LogP contribution in [0.15, 0.2) is 69.9 Å². The highest BCUT2D eigenvalue weighted by Crippen LogP contribution is 2.41. The largest absolute Gasteiger partial charge is 0.493 e. The Bertz CT molecular complexity index is 1380. The first-order valence-electron chi connectivity index (χ1n) is 10.2. The van der Waals surface area contributed by atoms with Crippen molar-refractivity contribution in [3.63, 3.8) is 0 Å². The zero-order valence-electron chi connectivity index (χ0n) is 18.7. The number of rotatable bonds is 8. The Hall–Kier alpha value is -4.53. The summed E-state index contributed by atoms with van der Waals surface area (Å²) in [6.07, 6.45) is 0. The van der Waals surface area contributed by atoms with E-state index < -0.39 is 4.92 Å². The summed E-state index contributed by atoms with van der Waals surface area (Å²) in [5.41, 5.74) is 1.50.